The summed E-state index contributed by atoms with van der Waals surface area (Å²) in [5.74, 6) is -1.77. The maximum atomic E-state index is 13.7. The molecule has 7 heteroatoms. The molecule has 0 saturated carbocycles. The van der Waals surface area contributed by atoms with Crippen LogP contribution in [-0.2, 0) is 0 Å². The van der Waals surface area contributed by atoms with Gasteiger partial charge in [0.2, 0.25) is 0 Å². The Balaban J connectivity index is 1.68. The molecule has 2 heterocycles. The van der Waals surface area contributed by atoms with Crippen LogP contribution in [0, 0.1) is 18.6 Å². The van der Waals surface area contributed by atoms with Gasteiger partial charge in [0.1, 0.15) is 11.6 Å². The Labute approximate surface area is 131 Å². The first-order valence-electron chi connectivity index (χ1n) is 6.96. The molecule has 22 heavy (non-hydrogen) atoms. The summed E-state index contributed by atoms with van der Waals surface area (Å²) in [6.07, 6.45) is 0. The number of anilines is 1. The number of amides is 1. The summed E-state index contributed by atoms with van der Waals surface area (Å²) in [5, 5.41) is 2.91. The molecule has 116 valence electrons. The van der Waals surface area contributed by atoms with Crippen LogP contribution in [0.4, 0.5) is 13.9 Å². The smallest absolute Gasteiger partial charge is 0.257 e. The van der Waals surface area contributed by atoms with Gasteiger partial charge in [-0.15, -0.1) is 11.3 Å². The Hall–Kier alpha value is -2.02. The highest BCUT2D eigenvalue weighted by Gasteiger charge is 2.25. The zero-order valence-corrected chi connectivity index (χ0v) is 12.9. The fourth-order valence-corrected chi connectivity index (χ4v) is 3.28. The Bertz CT molecular complexity index is 696. The number of hydrogen-bond donors (Lipinski definition) is 0. The van der Waals surface area contributed by atoms with Crippen molar-refractivity contribution in [2.24, 2.45) is 0 Å². The zero-order chi connectivity index (χ0) is 15.7. The van der Waals surface area contributed by atoms with Gasteiger partial charge < -0.3 is 9.80 Å². The van der Waals surface area contributed by atoms with E-state index in [4.69, 9.17) is 0 Å². The van der Waals surface area contributed by atoms with Crippen LogP contribution in [0.3, 0.4) is 0 Å². The van der Waals surface area contributed by atoms with Crippen LogP contribution in [0.25, 0.3) is 0 Å². The van der Waals surface area contributed by atoms with E-state index in [9.17, 15) is 13.6 Å². The second-order valence-corrected chi connectivity index (χ2v) is 6.01. The number of carbonyl (C=O) groups excluding carboxylic acids is 1. The van der Waals surface area contributed by atoms with Crippen molar-refractivity contribution in [3.05, 3.63) is 46.5 Å². The van der Waals surface area contributed by atoms with E-state index >= 15 is 0 Å². The molecule has 0 aliphatic carbocycles. The Kier molecular flexibility index (Phi) is 4.06. The molecule has 1 amide bonds. The minimum Gasteiger partial charge on any atom is -0.345 e. The summed E-state index contributed by atoms with van der Waals surface area (Å²) < 4.78 is 26.9. The Morgan fingerprint density at radius 1 is 1.23 bits per heavy atom. The largest absolute Gasteiger partial charge is 0.345 e. The van der Waals surface area contributed by atoms with Gasteiger partial charge in [-0.05, 0) is 25.1 Å². The van der Waals surface area contributed by atoms with Crippen molar-refractivity contribution in [1.29, 1.82) is 0 Å². The molecule has 1 aromatic heterocycles. The number of piperazine rings is 1. The highest BCUT2D eigenvalue weighted by Crippen LogP contribution is 2.22. The van der Waals surface area contributed by atoms with Gasteiger partial charge in [0.15, 0.2) is 5.13 Å². The van der Waals surface area contributed by atoms with E-state index in [1.165, 1.54) is 0 Å². The van der Waals surface area contributed by atoms with Gasteiger partial charge in [-0.2, -0.15) is 0 Å². The maximum absolute atomic E-state index is 13.7. The average Bonchev–Trinajstić information content (AvgIpc) is 2.96. The van der Waals surface area contributed by atoms with Crippen LogP contribution < -0.4 is 4.90 Å². The first-order chi connectivity index (χ1) is 10.5. The number of rotatable bonds is 2. The van der Waals surface area contributed by atoms with Crippen molar-refractivity contribution in [2.75, 3.05) is 31.1 Å². The number of nitrogens with zero attached hydrogens (tertiary/aromatic N) is 3. The molecular weight excluding hydrogens is 308 g/mol. The summed E-state index contributed by atoms with van der Waals surface area (Å²) >= 11 is 1.57. The van der Waals surface area contributed by atoms with Gasteiger partial charge in [0.25, 0.3) is 5.91 Å². The third-order valence-corrected chi connectivity index (χ3v) is 4.62. The molecular formula is C15H15F2N3OS. The van der Waals surface area contributed by atoms with Crippen molar-refractivity contribution in [2.45, 2.75) is 6.92 Å². The minimum absolute atomic E-state index is 0.210. The van der Waals surface area contributed by atoms with Crippen molar-refractivity contribution in [3.63, 3.8) is 0 Å². The number of aromatic nitrogens is 1. The molecule has 1 aliphatic rings. The molecule has 0 unspecified atom stereocenters. The van der Waals surface area contributed by atoms with Gasteiger partial charge in [0, 0.05) is 31.6 Å². The predicted molar refractivity (Wildman–Crippen MR) is 81.3 cm³/mol. The SMILES string of the molecule is Cc1csc(N2CCN(C(=O)c3cc(F)ccc3F)CC2)n1. The molecule has 0 radical (unpaired) electrons. The fourth-order valence-electron chi connectivity index (χ4n) is 2.42. The third-order valence-electron chi connectivity index (χ3n) is 3.60. The molecule has 0 N–H and O–H groups in total. The monoisotopic (exact) mass is 323 g/mol. The number of carbonyl (C=O) groups is 1. The summed E-state index contributed by atoms with van der Waals surface area (Å²) in [4.78, 5) is 20.4. The molecule has 1 aromatic carbocycles. The van der Waals surface area contributed by atoms with Gasteiger partial charge >= 0.3 is 0 Å². The first kappa shape index (κ1) is 14.9. The van der Waals surface area contributed by atoms with E-state index in [1.807, 2.05) is 12.3 Å². The molecule has 0 atom stereocenters. The van der Waals surface area contributed by atoms with Crippen molar-refractivity contribution in [3.8, 4) is 0 Å². The lowest BCUT2D eigenvalue weighted by Crippen LogP contribution is -2.49. The van der Waals surface area contributed by atoms with Crippen molar-refractivity contribution < 1.29 is 13.6 Å². The molecule has 0 spiro atoms. The molecule has 3 rings (SSSR count). The molecule has 1 saturated heterocycles. The normalized spacial score (nSPS) is 15.2. The van der Waals surface area contributed by atoms with E-state index < -0.39 is 17.5 Å². The van der Waals surface area contributed by atoms with Crippen LogP contribution in [0.1, 0.15) is 16.1 Å². The summed E-state index contributed by atoms with van der Waals surface area (Å²) in [6, 6.07) is 2.94. The molecule has 0 bridgehead atoms. The average molecular weight is 323 g/mol. The number of hydrogen-bond acceptors (Lipinski definition) is 4. The van der Waals surface area contributed by atoms with Crippen molar-refractivity contribution >= 4 is 22.4 Å². The Morgan fingerprint density at radius 3 is 2.59 bits per heavy atom. The van der Waals surface area contributed by atoms with Crippen molar-refractivity contribution in [1.82, 2.24) is 9.88 Å². The van der Waals surface area contributed by atoms with Crippen LogP contribution in [0.5, 0.6) is 0 Å². The highest BCUT2D eigenvalue weighted by molar-refractivity contribution is 7.13. The standard InChI is InChI=1S/C15H15F2N3OS/c1-10-9-22-15(18-10)20-6-4-19(5-7-20)14(21)12-8-11(16)2-3-13(12)17/h2-3,8-9H,4-7H2,1H3. The summed E-state index contributed by atoms with van der Waals surface area (Å²) in [7, 11) is 0. The first-order valence-corrected chi connectivity index (χ1v) is 7.84. The number of halogens is 2. The predicted octanol–water partition coefficient (Wildman–Crippen LogP) is 2.69. The van der Waals surface area contributed by atoms with Gasteiger partial charge in [-0.25, -0.2) is 13.8 Å². The zero-order valence-electron chi connectivity index (χ0n) is 12.1. The van der Waals surface area contributed by atoms with Crippen LogP contribution in [0.2, 0.25) is 0 Å². The maximum Gasteiger partial charge on any atom is 0.257 e. The molecule has 1 fully saturated rings. The topological polar surface area (TPSA) is 36.4 Å². The molecule has 4 nitrogen and oxygen atoms in total. The molecule has 1 aliphatic heterocycles. The van der Waals surface area contributed by atoms with E-state index in [1.54, 1.807) is 16.2 Å². The van der Waals surface area contributed by atoms with Crippen LogP contribution in [-0.4, -0.2) is 42.0 Å². The number of benzene rings is 1. The van der Waals surface area contributed by atoms with Crippen LogP contribution >= 0.6 is 11.3 Å². The minimum atomic E-state index is -0.690. The second kappa shape index (κ2) is 6.00. The lowest BCUT2D eigenvalue weighted by Gasteiger charge is -2.34. The lowest BCUT2D eigenvalue weighted by atomic mass is 10.1. The quantitative estimate of drug-likeness (QED) is 0.852. The summed E-state index contributed by atoms with van der Waals surface area (Å²) in [5.41, 5.74) is 0.763. The van der Waals surface area contributed by atoms with E-state index in [0.717, 1.165) is 29.0 Å². The molecule has 2 aromatic rings. The van der Waals surface area contributed by atoms with Gasteiger partial charge in [0.05, 0.1) is 11.3 Å². The summed E-state index contributed by atoms with van der Waals surface area (Å²) in [6.45, 7) is 4.14. The van der Waals surface area contributed by atoms with Crippen LogP contribution in [0.15, 0.2) is 23.6 Å². The Morgan fingerprint density at radius 2 is 1.95 bits per heavy atom. The highest BCUT2D eigenvalue weighted by atomic mass is 32.1. The third kappa shape index (κ3) is 2.94. The van der Waals surface area contributed by atoms with Gasteiger partial charge in [-0.3, -0.25) is 4.79 Å². The number of thiazole rings is 1. The van der Waals surface area contributed by atoms with E-state index in [0.29, 0.717) is 26.2 Å². The number of aryl methyl sites for hydroxylation is 1. The van der Waals surface area contributed by atoms with E-state index in [2.05, 4.69) is 9.88 Å². The van der Waals surface area contributed by atoms with E-state index in [-0.39, 0.29) is 5.56 Å². The van der Waals surface area contributed by atoms with Gasteiger partial charge in [-0.1, -0.05) is 0 Å². The fraction of sp³-hybridized carbons (Fsp3) is 0.333. The second-order valence-electron chi connectivity index (χ2n) is 5.17. The lowest BCUT2D eigenvalue weighted by molar-refractivity contribution is 0.0741.